The van der Waals surface area contributed by atoms with Gasteiger partial charge in [0.2, 0.25) is 8.80 Å². The van der Waals surface area contributed by atoms with Crippen molar-refractivity contribution >= 4 is 25.1 Å². The molecule has 0 radical (unpaired) electrons. The maximum absolute atomic E-state index is 12.2. The van der Waals surface area contributed by atoms with Crippen molar-refractivity contribution in [2.24, 2.45) is 0 Å². The number of benzene rings is 4. The third kappa shape index (κ3) is 5.63. The second kappa shape index (κ2) is 11.2. The first kappa shape index (κ1) is 23.1. The van der Waals surface area contributed by atoms with E-state index >= 15 is 0 Å². The molecule has 0 aliphatic heterocycles. The molecule has 0 saturated carbocycles. The molecule has 0 aromatic heterocycles. The zero-order chi connectivity index (χ0) is 23.6. The molecule has 0 saturated heterocycles. The SMILES string of the molecule is C=CC(=O)OCC(Oc1ccccc1)(Oc1ccccc1)[SiH](c1ccccc1)c1ccccc1. The zero-order valence-electron chi connectivity index (χ0n) is 18.7. The Morgan fingerprint density at radius 1 is 0.676 bits per heavy atom. The van der Waals surface area contributed by atoms with Gasteiger partial charge in [-0.1, -0.05) is 104 Å². The van der Waals surface area contributed by atoms with Gasteiger partial charge in [-0.2, -0.15) is 0 Å². The largest absolute Gasteiger partial charge is 0.455 e. The quantitative estimate of drug-likeness (QED) is 0.152. The predicted molar refractivity (Wildman–Crippen MR) is 137 cm³/mol. The molecule has 0 atom stereocenters. The predicted octanol–water partition coefficient (Wildman–Crippen LogP) is 4.15. The van der Waals surface area contributed by atoms with Crippen LogP contribution in [0.4, 0.5) is 0 Å². The lowest BCUT2D eigenvalue weighted by molar-refractivity contribution is -0.151. The van der Waals surface area contributed by atoms with Gasteiger partial charge >= 0.3 is 5.97 Å². The van der Waals surface area contributed by atoms with Crippen LogP contribution < -0.4 is 19.8 Å². The van der Waals surface area contributed by atoms with E-state index in [2.05, 4.69) is 30.8 Å². The summed E-state index contributed by atoms with van der Waals surface area (Å²) in [6, 6.07) is 39.3. The molecule has 0 bridgehead atoms. The second-order valence-electron chi connectivity index (χ2n) is 7.71. The Morgan fingerprint density at radius 3 is 1.44 bits per heavy atom. The van der Waals surface area contributed by atoms with Crippen LogP contribution in [-0.4, -0.2) is 26.8 Å². The van der Waals surface area contributed by atoms with Crippen LogP contribution in [0.25, 0.3) is 0 Å². The summed E-state index contributed by atoms with van der Waals surface area (Å²) in [5.74, 6) is 0.710. The van der Waals surface area contributed by atoms with E-state index in [4.69, 9.17) is 14.2 Å². The van der Waals surface area contributed by atoms with E-state index in [0.29, 0.717) is 11.5 Å². The first-order valence-electron chi connectivity index (χ1n) is 11.1. The van der Waals surface area contributed by atoms with Gasteiger partial charge in [0.1, 0.15) is 11.5 Å². The van der Waals surface area contributed by atoms with Crippen molar-refractivity contribution in [3.8, 4) is 11.5 Å². The number of hydrogen-bond donors (Lipinski definition) is 0. The number of rotatable bonds is 10. The van der Waals surface area contributed by atoms with Crippen LogP contribution in [0.3, 0.4) is 0 Å². The van der Waals surface area contributed by atoms with E-state index in [1.165, 1.54) is 0 Å². The third-order valence-corrected chi connectivity index (χ3v) is 8.74. The van der Waals surface area contributed by atoms with Crippen molar-refractivity contribution < 1.29 is 19.0 Å². The van der Waals surface area contributed by atoms with Crippen LogP contribution in [0.2, 0.25) is 0 Å². The Hall–Kier alpha value is -4.09. The van der Waals surface area contributed by atoms with Crippen LogP contribution in [0.15, 0.2) is 134 Å². The van der Waals surface area contributed by atoms with Gasteiger partial charge in [-0.05, 0) is 34.6 Å². The number of para-hydroxylation sites is 2. The molecular formula is C29H26O4Si. The van der Waals surface area contributed by atoms with Crippen LogP contribution in [0.5, 0.6) is 11.5 Å². The molecule has 0 fully saturated rings. The zero-order valence-corrected chi connectivity index (χ0v) is 19.9. The van der Waals surface area contributed by atoms with E-state index in [-0.39, 0.29) is 6.61 Å². The molecule has 0 aliphatic rings. The lowest BCUT2D eigenvalue weighted by atomic mass is 10.3. The molecule has 0 unspecified atom stereocenters. The maximum atomic E-state index is 12.2. The fraction of sp³-hybridized carbons (Fsp3) is 0.0690. The highest BCUT2D eigenvalue weighted by atomic mass is 28.3. The third-order valence-electron chi connectivity index (χ3n) is 5.36. The minimum atomic E-state index is -2.37. The van der Waals surface area contributed by atoms with Gasteiger partial charge in [0.15, 0.2) is 6.61 Å². The van der Waals surface area contributed by atoms with Crippen LogP contribution in [-0.2, 0) is 9.53 Å². The highest BCUT2D eigenvalue weighted by Crippen LogP contribution is 2.26. The lowest BCUT2D eigenvalue weighted by Gasteiger charge is -2.40. The molecule has 0 aliphatic carbocycles. The van der Waals surface area contributed by atoms with Gasteiger partial charge in [0, 0.05) is 6.08 Å². The average Bonchev–Trinajstić information content (AvgIpc) is 2.90. The van der Waals surface area contributed by atoms with Crippen molar-refractivity contribution in [2.45, 2.75) is 5.41 Å². The van der Waals surface area contributed by atoms with Crippen molar-refractivity contribution in [2.75, 3.05) is 6.61 Å². The van der Waals surface area contributed by atoms with Gasteiger partial charge in [-0.25, -0.2) is 4.79 Å². The number of carbonyl (C=O) groups excluding carboxylic acids is 1. The van der Waals surface area contributed by atoms with Gasteiger partial charge in [0.05, 0.1) is 0 Å². The second-order valence-corrected chi connectivity index (χ2v) is 10.8. The molecule has 4 aromatic rings. The van der Waals surface area contributed by atoms with E-state index in [1.54, 1.807) is 0 Å². The molecule has 4 aromatic carbocycles. The van der Waals surface area contributed by atoms with Gasteiger partial charge in [-0.3, -0.25) is 0 Å². The van der Waals surface area contributed by atoms with E-state index in [1.807, 2.05) is 97.1 Å². The Morgan fingerprint density at radius 2 is 1.06 bits per heavy atom. The summed E-state index contributed by atoms with van der Waals surface area (Å²) in [4.78, 5) is 12.2. The molecular weight excluding hydrogens is 440 g/mol. The summed E-state index contributed by atoms with van der Waals surface area (Å²) in [6.45, 7) is 3.44. The minimum Gasteiger partial charge on any atom is -0.455 e. The number of hydrogen-bond acceptors (Lipinski definition) is 4. The monoisotopic (exact) mass is 466 g/mol. The first-order valence-corrected chi connectivity index (χ1v) is 12.8. The Labute approximate surface area is 201 Å². The Balaban J connectivity index is 1.92. The summed E-state index contributed by atoms with van der Waals surface area (Å²) in [5, 5.41) is 2.19. The minimum absolute atomic E-state index is 0.109. The molecule has 170 valence electrons. The number of esters is 1. The molecule has 0 heterocycles. The molecule has 0 spiro atoms. The summed E-state index contributed by atoms with van der Waals surface area (Å²) in [6.07, 6.45) is 1.15. The number of carbonyl (C=O) groups is 1. The Bertz CT molecular complexity index is 1100. The molecule has 0 amide bonds. The summed E-state index contributed by atoms with van der Waals surface area (Å²) < 4.78 is 19.1. The summed E-state index contributed by atoms with van der Waals surface area (Å²) in [7, 11) is -2.37. The van der Waals surface area contributed by atoms with Gasteiger partial charge in [0.25, 0.3) is 5.41 Å². The summed E-state index contributed by atoms with van der Waals surface area (Å²) in [5.41, 5.74) is -1.29. The topological polar surface area (TPSA) is 44.8 Å². The standard InChI is InChI=1S/C29H26O4Si/c1-2-28(30)31-23-29(32-24-15-7-3-8-16-24,33-25-17-9-4-10-18-25)34(26-19-11-5-12-20-26)27-21-13-6-14-22-27/h2-22,34H,1,23H2. The average molecular weight is 467 g/mol. The molecule has 34 heavy (non-hydrogen) atoms. The summed E-state index contributed by atoms with van der Waals surface area (Å²) >= 11 is 0. The van der Waals surface area contributed by atoms with Crippen molar-refractivity contribution in [3.63, 3.8) is 0 Å². The first-order chi connectivity index (χ1) is 16.7. The van der Waals surface area contributed by atoms with Crippen LogP contribution in [0, 0.1) is 0 Å². The molecule has 4 rings (SSSR count). The fourth-order valence-corrected chi connectivity index (χ4v) is 7.25. The van der Waals surface area contributed by atoms with Crippen molar-refractivity contribution in [1.82, 2.24) is 0 Å². The van der Waals surface area contributed by atoms with Crippen LogP contribution >= 0.6 is 0 Å². The Kier molecular flexibility index (Phi) is 7.58. The smallest absolute Gasteiger partial charge is 0.330 e. The van der Waals surface area contributed by atoms with Crippen LogP contribution in [0.1, 0.15) is 0 Å². The lowest BCUT2D eigenvalue weighted by Crippen LogP contribution is -2.69. The normalized spacial score (nSPS) is 11.0. The van der Waals surface area contributed by atoms with E-state index in [0.717, 1.165) is 16.4 Å². The fourth-order valence-electron chi connectivity index (χ4n) is 3.88. The van der Waals surface area contributed by atoms with Gasteiger partial charge < -0.3 is 14.2 Å². The van der Waals surface area contributed by atoms with E-state index < -0.39 is 20.2 Å². The number of ether oxygens (including phenoxy) is 3. The van der Waals surface area contributed by atoms with E-state index in [9.17, 15) is 4.79 Å². The van der Waals surface area contributed by atoms with Crippen molar-refractivity contribution in [1.29, 1.82) is 0 Å². The van der Waals surface area contributed by atoms with Crippen molar-refractivity contribution in [3.05, 3.63) is 134 Å². The molecule has 0 N–H and O–H groups in total. The molecule has 5 heteroatoms. The molecule has 4 nitrogen and oxygen atoms in total. The maximum Gasteiger partial charge on any atom is 0.330 e. The van der Waals surface area contributed by atoms with Gasteiger partial charge in [-0.15, -0.1) is 0 Å². The highest BCUT2D eigenvalue weighted by Gasteiger charge is 2.48. The highest BCUT2D eigenvalue weighted by molar-refractivity contribution is 6.87.